The van der Waals surface area contributed by atoms with Gasteiger partial charge in [0, 0.05) is 32.7 Å². The van der Waals surface area contributed by atoms with Crippen molar-refractivity contribution in [1.29, 1.82) is 0 Å². The van der Waals surface area contributed by atoms with Gasteiger partial charge >= 0.3 is 0 Å². The second kappa shape index (κ2) is 6.18. The Morgan fingerprint density at radius 3 is 3.00 bits per heavy atom. The van der Waals surface area contributed by atoms with E-state index in [0.29, 0.717) is 6.42 Å². The Bertz CT molecular complexity index is 221. The molecule has 0 bridgehead atoms. The zero-order valence-electron chi connectivity index (χ0n) is 9.71. The Labute approximate surface area is 96.5 Å². The minimum Gasteiger partial charge on any atom is -0.375 e. The zero-order chi connectivity index (χ0) is 11.2. The van der Waals surface area contributed by atoms with E-state index in [-0.39, 0.29) is 12.0 Å². The Balaban J connectivity index is 1.76. The number of rotatable bonds is 2. The monoisotopic (exact) mass is 227 g/mol. The summed E-state index contributed by atoms with van der Waals surface area (Å²) in [6.45, 7) is 6.07. The van der Waals surface area contributed by atoms with Crippen molar-refractivity contribution in [3.05, 3.63) is 0 Å². The predicted molar refractivity (Wildman–Crippen MR) is 61.3 cm³/mol. The Hall–Kier alpha value is -0.650. The fourth-order valence-electron chi connectivity index (χ4n) is 2.17. The zero-order valence-corrected chi connectivity index (χ0v) is 9.71. The van der Waals surface area contributed by atoms with Gasteiger partial charge in [-0.05, 0) is 13.0 Å². The number of morpholine rings is 1. The number of carbonyl (C=O) groups excluding carboxylic acids is 1. The fourth-order valence-corrected chi connectivity index (χ4v) is 2.17. The van der Waals surface area contributed by atoms with Gasteiger partial charge in [-0.15, -0.1) is 0 Å². The summed E-state index contributed by atoms with van der Waals surface area (Å²) < 4.78 is 5.55. The van der Waals surface area contributed by atoms with Crippen LogP contribution in [-0.4, -0.2) is 62.8 Å². The first-order valence-electron chi connectivity index (χ1n) is 6.17. The number of nitrogens with zero attached hydrogens (tertiary/aromatic N) is 1. The van der Waals surface area contributed by atoms with Gasteiger partial charge in [0.15, 0.2) is 0 Å². The van der Waals surface area contributed by atoms with E-state index in [9.17, 15) is 4.79 Å². The summed E-state index contributed by atoms with van der Waals surface area (Å²) in [5.74, 6) is 0.234. The second-order valence-electron chi connectivity index (χ2n) is 4.39. The van der Waals surface area contributed by atoms with Crippen LogP contribution in [0.25, 0.3) is 0 Å². The number of amides is 1. The third-order valence-corrected chi connectivity index (χ3v) is 3.10. The van der Waals surface area contributed by atoms with Crippen LogP contribution in [0.15, 0.2) is 0 Å². The highest BCUT2D eigenvalue weighted by atomic mass is 16.5. The van der Waals surface area contributed by atoms with E-state index in [1.807, 2.05) is 4.90 Å². The van der Waals surface area contributed by atoms with Gasteiger partial charge in [0.05, 0.1) is 19.1 Å². The highest BCUT2D eigenvalue weighted by Gasteiger charge is 2.21. The molecule has 2 saturated heterocycles. The van der Waals surface area contributed by atoms with Gasteiger partial charge < -0.3 is 20.3 Å². The van der Waals surface area contributed by atoms with Crippen LogP contribution in [0.3, 0.4) is 0 Å². The van der Waals surface area contributed by atoms with E-state index in [2.05, 4.69) is 10.6 Å². The maximum absolute atomic E-state index is 12.0. The molecule has 16 heavy (non-hydrogen) atoms. The molecule has 0 aromatic heterocycles. The molecule has 1 amide bonds. The first kappa shape index (κ1) is 11.8. The van der Waals surface area contributed by atoms with Gasteiger partial charge in [0.1, 0.15) is 0 Å². The molecule has 0 aromatic carbocycles. The Morgan fingerprint density at radius 2 is 2.19 bits per heavy atom. The van der Waals surface area contributed by atoms with Gasteiger partial charge in [-0.3, -0.25) is 4.79 Å². The molecule has 0 aromatic rings. The molecule has 2 aliphatic heterocycles. The van der Waals surface area contributed by atoms with Crippen LogP contribution in [-0.2, 0) is 9.53 Å². The van der Waals surface area contributed by atoms with E-state index in [1.165, 1.54) is 0 Å². The average Bonchev–Trinajstić information content (AvgIpc) is 2.59. The molecule has 2 rings (SSSR count). The van der Waals surface area contributed by atoms with E-state index in [4.69, 9.17) is 4.74 Å². The highest BCUT2D eigenvalue weighted by Crippen LogP contribution is 2.06. The Kier molecular flexibility index (Phi) is 4.56. The molecule has 5 nitrogen and oxygen atoms in total. The lowest BCUT2D eigenvalue weighted by Crippen LogP contribution is -2.43. The van der Waals surface area contributed by atoms with E-state index in [1.54, 1.807) is 0 Å². The molecule has 0 saturated carbocycles. The van der Waals surface area contributed by atoms with Crippen LogP contribution in [0.1, 0.15) is 12.8 Å². The molecule has 2 fully saturated rings. The lowest BCUT2D eigenvalue weighted by atomic mass is 10.2. The van der Waals surface area contributed by atoms with E-state index < -0.39 is 0 Å². The molecular weight excluding hydrogens is 206 g/mol. The molecular formula is C11H21N3O2. The summed E-state index contributed by atoms with van der Waals surface area (Å²) in [6.07, 6.45) is 1.64. The summed E-state index contributed by atoms with van der Waals surface area (Å²) in [4.78, 5) is 14.0. The topological polar surface area (TPSA) is 53.6 Å². The number of carbonyl (C=O) groups is 1. The summed E-state index contributed by atoms with van der Waals surface area (Å²) in [7, 11) is 0. The first-order chi connectivity index (χ1) is 7.86. The van der Waals surface area contributed by atoms with E-state index in [0.717, 1.165) is 52.3 Å². The standard InChI is InChI=1S/C11H21N3O2/c15-11(8-10-9-13-4-7-16-10)14-5-1-2-12-3-6-14/h10,12-13H,1-9H2. The quantitative estimate of drug-likeness (QED) is 0.647. The minimum atomic E-state index is 0.0671. The molecule has 1 unspecified atom stereocenters. The maximum Gasteiger partial charge on any atom is 0.225 e. The van der Waals surface area contributed by atoms with Gasteiger partial charge in [0.25, 0.3) is 0 Å². The van der Waals surface area contributed by atoms with Crippen molar-refractivity contribution in [1.82, 2.24) is 15.5 Å². The van der Waals surface area contributed by atoms with Crippen LogP contribution in [0.5, 0.6) is 0 Å². The van der Waals surface area contributed by atoms with Crippen LogP contribution in [0.2, 0.25) is 0 Å². The normalized spacial score (nSPS) is 27.5. The molecule has 2 heterocycles. The third-order valence-electron chi connectivity index (χ3n) is 3.10. The van der Waals surface area contributed by atoms with Crippen LogP contribution >= 0.6 is 0 Å². The molecule has 0 aliphatic carbocycles. The summed E-state index contributed by atoms with van der Waals surface area (Å²) in [6, 6.07) is 0. The van der Waals surface area contributed by atoms with Crippen LogP contribution in [0.4, 0.5) is 0 Å². The summed E-state index contributed by atoms with van der Waals surface area (Å²) >= 11 is 0. The molecule has 5 heteroatoms. The smallest absolute Gasteiger partial charge is 0.225 e. The van der Waals surface area contributed by atoms with Crippen molar-refractivity contribution in [3.63, 3.8) is 0 Å². The van der Waals surface area contributed by atoms with Gasteiger partial charge in [-0.2, -0.15) is 0 Å². The first-order valence-corrected chi connectivity index (χ1v) is 6.17. The second-order valence-corrected chi connectivity index (χ2v) is 4.39. The summed E-state index contributed by atoms with van der Waals surface area (Å²) in [5, 5.41) is 6.55. The highest BCUT2D eigenvalue weighted by molar-refractivity contribution is 5.76. The average molecular weight is 227 g/mol. The molecule has 1 atom stereocenters. The van der Waals surface area contributed by atoms with E-state index >= 15 is 0 Å². The van der Waals surface area contributed by atoms with Gasteiger partial charge in [0.2, 0.25) is 5.91 Å². The lowest BCUT2D eigenvalue weighted by Gasteiger charge is -2.26. The molecule has 2 N–H and O–H groups in total. The number of nitrogens with one attached hydrogen (secondary N) is 2. The predicted octanol–water partition coefficient (Wildman–Crippen LogP) is -0.813. The SMILES string of the molecule is O=C(CC1CNCCO1)N1CCCNCC1. The van der Waals surface area contributed by atoms with Crippen molar-refractivity contribution in [2.75, 3.05) is 45.9 Å². The fraction of sp³-hybridized carbons (Fsp3) is 0.909. The Morgan fingerprint density at radius 1 is 1.25 bits per heavy atom. The van der Waals surface area contributed by atoms with Crippen molar-refractivity contribution in [2.45, 2.75) is 18.9 Å². The minimum absolute atomic E-state index is 0.0671. The molecule has 92 valence electrons. The van der Waals surface area contributed by atoms with Gasteiger partial charge in [-0.25, -0.2) is 0 Å². The number of hydrogen-bond acceptors (Lipinski definition) is 4. The summed E-state index contributed by atoms with van der Waals surface area (Å²) in [5.41, 5.74) is 0. The van der Waals surface area contributed by atoms with Crippen molar-refractivity contribution in [3.8, 4) is 0 Å². The lowest BCUT2D eigenvalue weighted by molar-refractivity contribution is -0.134. The molecule has 0 radical (unpaired) electrons. The van der Waals surface area contributed by atoms with Crippen molar-refractivity contribution in [2.24, 2.45) is 0 Å². The maximum atomic E-state index is 12.0. The largest absolute Gasteiger partial charge is 0.375 e. The molecule has 0 spiro atoms. The van der Waals surface area contributed by atoms with Crippen molar-refractivity contribution >= 4 is 5.91 Å². The van der Waals surface area contributed by atoms with Crippen LogP contribution < -0.4 is 10.6 Å². The van der Waals surface area contributed by atoms with Crippen LogP contribution in [0, 0.1) is 0 Å². The molecule has 2 aliphatic rings. The number of ether oxygens (including phenoxy) is 1. The third kappa shape index (κ3) is 3.43. The van der Waals surface area contributed by atoms with Crippen molar-refractivity contribution < 1.29 is 9.53 Å². The van der Waals surface area contributed by atoms with Gasteiger partial charge in [-0.1, -0.05) is 0 Å². The number of hydrogen-bond donors (Lipinski definition) is 2.